The van der Waals surface area contributed by atoms with Gasteiger partial charge in [-0.05, 0) is 24.3 Å². The lowest BCUT2D eigenvalue weighted by Crippen LogP contribution is -2.01. The molecule has 2 aromatic carbocycles. The van der Waals surface area contributed by atoms with E-state index in [2.05, 4.69) is 22.0 Å². The number of benzene rings is 2. The van der Waals surface area contributed by atoms with Gasteiger partial charge in [-0.15, -0.1) is 0 Å². The molecule has 4 heteroatoms. The number of nitrogens with two attached hydrogens (primary N) is 1. The highest BCUT2D eigenvalue weighted by molar-refractivity contribution is 9.10. The summed E-state index contributed by atoms with van der Waals surface area (Å²) in [7, 11) is 0. The van der Waals surface area contributed by atoms with Crippen molar-refractivity contribution in [3.63, 3.8) is 0 Å². The van der Waals surface area contributed by atoms with Crippen molar-refractivity contribution >= 4 is 32.5 Å². The van der Waals surface area contributed by atoms with E-state index in [-0.39, 0.29) is 0 Å². The lowest BCUT2D eigenvalue weighted by atomic mass is 10.2. The number of nitrogen functional groups attached to an aromatic ring is 1. The Morgan fingerprint density at radius 2 is 1.63 bits per heavy atom. The number of rotatable bonds is 1. The zero-order chi connectivity index (χ0) is 13.4. The molecule has 0 saturated heterocycles. The summed E-state index contributed by atoms with van der Waals surface area (Å²) in [6.07, 6.45) is 0. The van der Waals surface area contributed by atoms with Crippen molar-refractivity contribution in [1.82, 2.24) is 4.57 Å². The van der Waals surface area contributed by atoms with E-state index >= 15 is 0 Å². The molecule has 1 heterocycles. The van der Waals surface area contributed by atoms with Crippen LogP contribution in [0.15, 0.2) is 53.0 Å². The number of aromatic nitrogens is 1. The standard InChI is InChI=1S/C15H10BrN3/c16-10-5-7-11(8-6-10)19-14(9-17)12-3-1-2-4-13(12)15(19)18/h1-8H,18H2. The predicted octanol–water partition coefficient (Wildman–Crippen LogP) is 3.85. The maximum Gasteiger partial charge on any atom is 0.134 e. The summed E-state index contributed by atoms with van der Waals surface area (Å²) in [5, 5.41) is 11.2. The van der Waals surface area contributed by atoms with Crippen LogP contribution in [0.2, 0.25) is 0 Å². The van der Waals surface area contributed by atoms with Crippen molar-refractivity contribution in [3.05, 3.63) is 58.7 Å². The summed E-state index contributed by atoms with van der Waals surface area (Å²) in [6.45, 7) is 0. The molecule has 2 N–H and O–H groups in total. The van der Waals surface area contributed by atoms with Gasteiger partial charge < -0.3 is 5.73 Å². The largest absolute Gasteiger partial charge is 0.384 e. The van der Waals surface area contributed by atoms with Crippen LogP contribution in [0.5, 0.6) is 0 Å². The molecular weight excluding hydrogens is 302 g/mol. The van der Waals surface area contributed by atoms with E-state index in [1.54, 1.807) is 4.57 Å². The summed E-state index contributed by atoms with van der Waals surface area (Å²) < 4.78 is 2.78. The number of nitriles is 1. The fraction of sp³-hybridized carbons (Fsp3) is 0. The van der Waals surface area contributed by atoms with Crippen LogP contribution in [0, 0.1) is 11.3 Å². The molecule has 0 unspecified atom stereocenters. The molecule has 0 fully saturated rings. The molecule has 0 atom stereocenters. The summed E-state index contributed by atoms with van der Waals surface area (Å²) >= 11 is 3.40. The molecule has 1 aromatic heterocycles. The number of halogens is 1. The topological polar surface area (TPSA) is 54.7 Å². The Hall–Kier alpha value is -2.25. The van der Waals surface area contributed by atoms with E-state index in [0.29, 0.717) is 11.5 Å². The Kier molecular flexibility index (Phi) is 2.77. The number of anilines is 1. The fourth-order valence-electron chi connectivity index (χ4n) is 2.24. The van der Waals surface area contributed by atoms with Gasteiger partial charge in [0.1, 0.15) is 17.6 Å². The van der Waals surface area contributed by atoms with Crippen molar-refractivity contribution in [2.45, 2.75) is 0 Å². The average Bonchev–Trinajstić information content (AvgIpc) is 2.73. The molecular formula is C15H10BrN3. The minimum Gasteiger partial charge on any atom is -0.384 e. The van der Waals surface area contributed by atoms with Crippen LogP contribution < -0.4 is 5.73 Å². The van der Waals surface area contributed by atoms with Gasteiger partial charge >= 0.3 is 0 Å². The molecule has 92 valence electrons. The zero-order valence-electron chi connectivity index (χ0n) is 9.97. The molecule has 0 amide bonds. The highest BCUT2D eigenvalue weighted by Crippen LogP contribution is 2.31. The molecule has 0 bridgehead atoms. The van der Waals surface area contributed by atoms with E-state index in [9.17, 15) is 5.26 Å². The van der Waals surface area contributed by atoms with Crippen LogP contribution in [-0.2, 0) is 0 Å². The third-order valence-corrected chi connectivity index (χ3v) is 3.64. The zero-order valence-corrected chi connectivity index (χ0v) is 11.6. The summed E-state index contributed by atoms with van der Waals surface area (Å²) in [5.41, 5.74) is 7.63. The molecule has 0 aliphatic rings. The summed E-state index contributed by atoms with van der Waals surface area (Å²) in [4.78, 5) is 0. The van der Waals surface area contributed by atoms with Crippen LogP contribution in [0.4, 0.5) is 5.82 Å². The van der Waals surface area contributed by atoms with Gasteiger partial charge in [-0.3, -0.25) is 4.57 Å². The van der Waals surface area contributed by atoms with Crippen LogP contribution in [0.1, 0.15) is 5.69 Å². The first kappa shape index (κ1) is 11.8. The second-order valence-electron chi connectivity index (χ2n) is 4.20. The first-order chi connectivity index (χ1) is 9.22. The quantitative estimate of drug-likeness (QED) is 0.742. The summed E-state index contributed by atoms with van der Waals surface area (Å²) in [6, 6.07) is 17.6. The average molecular weight is 312 g/mol. The van der Waals surface area contributed by atoms with Crippen molar-refractivity contribution in [2.75, 3.05) is 5.73 Å². The maximum absolute atomic E-state index is 9.41. The van der Waals surface area contributed by atoms with Gasteiger partial charge in [0.2, 0.25) is 0 Å². The first-order valence-corrected chi connectivity index (χ1v) is 6.56. The molecule has 0 saturated carbocycles. The molecule has 0 radical (unpaired) electrons. The number of hydrogen-bond donors (Lipinski definition) is 1. The van der Waals surface area contributed by atoms with Crippen LogP contribution in [0.25, 0.3) is 16.5 Å². The fourth-order valence-corrected chi connectivity index (χ4v) is 2.51. The van der Waals surface area contributed by atoms with Gasteiger partial charge in [-0.2, -0.15) is 5.26 Å². The molecule has 0 aliphatic heterocycles. The van der Waals surface area contributed by atoms with Gasteiger partial charge in [0.25, 0.3) is 0 Å². The highest BCUT2D eigenvalue weighted by Gasteiger charge is 2.15. The first-order valence-electron chi connectivity index (χ1n) is 5.77. The van der Waals surface area contributed by atoms with Crippen LogP contribution in [0.3, 0.4) is 0 Å². The Morgan fingerprint density at radius 1 is 1.00 bits per heavy atom. The van der Waals surface area contributed by atoms with E-state index in [0.717, 1.165) is 20.9 Å². The Bertz CT molecular complexity index is 795. The third kappa shape index (κ3) is 1.79. The lowest BCUT2D eigenvalue weighted by Gasteiger charge is -2.07. The van der Waals surface area contributed by atoms with Crippen molar-refractivity contribution in [2.24, 2.45) is 0 Å². The van der Waals surface area contributed by atoms with Gasteiger partial charge in [0.15, 0.2) is 0 Å². The molecule has 3 aromatic rings. The minimum absolute atomic E-state index is 0.565. The Balaban J connectivity index is 2.38. The monoisotopic (exact) mass is 311 g/mol. The molecule has 3 nitrogen and oxygen atoms in total. The minimum atomic E-state index is 0.565. The number of nitrogens with zero attached hydrogens (tertiary/aromatic N) is 2. The van der Waals surface area contributed by atoms with Crippen molar-refractivity contribution in [3.8, 4) is 11.8 Å². The van der Waals surface area contributed by atoms with Crippen LogP contribution >= 0.6 is 15.9 Å². The Labute approximate surface area is 119 Å². The number of fused-ring (bicyclic) bond motifs is 1. The van der Waals surface area contributed by atoms with Gasteiger partial charge in [-0.25, -0.2) is 0 Å². The smallest absolute Gasteiger partial charge is 0.134 e. The van der Waals surface area contributed by atoms with Gasteiger partial charge in [-0.1, -0.05) is 40.2 Å². The van der Waals surface area contributed by atoms with E-state index in [4.69, 9.17) is 5.73 Å². The normalized spacial score (nSPS) is 10.5. The van der Waals surface area contributed by atoms with E-state index in [1.807, 2.05) is 48.5 Å². The molecule has 3 rings (SSSR count). The second-order valence-corrected chi connectivity index (χ2v) is 5.12. The maximum atomic E-state index is 9.41. The van der Waals surface area contributed by atoms with E-state index in [1.165, 1.54) is 0 Å². The van der Waals surface area contributed by atoms with Gasteiger partial charge in [0, 0.05) is 20.9 Å². The lowest BCUT2D eigenvalue weighted by molar-refractivity contribution is 1.07. The highest BCUT2D eigenvalue weighted by atomic mass is 79.9. The predicted molar refractivity (Wildman–Crippen MR) is 80.1 cm³/mol. The molecule has 19 heavy (non-hydrogen) atoms. The van der Waals surface area contributed by atoms with Crippen LogP contribution in [-0.4, -0.2) is 4.57 Å². The van der Waals surface area contributed by atoms with Crippen molar-refractivity contribution in [1.29, 1.82) is 5.26 Å². The summed E-state index contributed by atoms with van der Waals surface area (Å²) in [5.74, 6) is 0.592. The van der Waals surface area contributed by atoms with Gasteiger partial charge in [0.05, 0.1) is 0 Å². The Morgan fingerprint density at radius 3 is 2.26 bits per heavy atom. The third-order valence-electron chi connectivity index (χ3n) is 3.11. The number of hydrogen-bond acceptors (Lipinski definition) is 2. The van der Waals surface area contributed by atoms with Crippen molar-refractivity contribution < 1.29 is 0 Å². The SMILES string of the molecule is N#Cc1c2ccccc2c(N)n1-c1ccc(Br)cc1. The molecule has 0 spiro atoms. The second kappa shape index (κ2) is 4.45. The van der Waals surface area contributed by atoms with E-state index < -0.39 is 0 Å². The molecule has 0 aliphatic carbocycles.